The van der Waals surface area contributed by atoms with Gasteiger partial charge in [-0.05, 0) is 19.1 Å². The number of rotatable bonds is 8. The number of carboxylic acid groups (broad SMARTS) is 2. The van der Waals surface area contributed by atoms with E-state index in [0.717, 1.165) is 12.1 Å². The molecule has 1 heterocycles. The Bertz CT molecular complexity index is 1240. The van der Waals surface area contributed by atoms with Crippen molar-refractivity contribution in [3.63, 3.8) is 0 Å². The minimum Gasteiger partial charge on any atom is -0.480 e. The average molecular weight is 519 g/mol. The van der Waals surface area contributed by atoms with Gasteiger partial charge < -0.3 is 31.5 Å². The number of nitriles is 1. The van der Waals surface area contributed by atoms with E-state index in [1.54, 1.807) is 18.4 Å². The second-order valence-corrected chi connectivity index (χ2v) is 7.63. The van der Waals surface area contributed by atoms with Crippen molar-refractivity contribution in [1.29, 1.82) is 5.26 Å². The molecule has 2 rings (SSSR count). The molecular formula is C21H19ClN6O8. The zero-order valence-corrected chi connectivity index (χ0v) is 19.3. The van der Waals surface area contributed by atoms with Crippen molar-refractivity contribution in [3.05, 3.63) is 34.5 Å². The fourth-order valence-electron chi connectivity index (χ4n) is 2.81. The first-order chi connectivity index (χ1) is 16.9. The van der Waals surface area contributed by atoms with Gasteiger partial charge in [0.25, 0.3) is 0 Å². The van der Waals surface area contributed by atoms with Crippen LogP contribution in [0.3, 0.4) is 0 Å². The molecule has 36 heavy (non-hydrogen) atoms. The van der Waals surface area contributed by atoms with Gasteiger partial charge in [0.05, 0.1) is 28.0 Å². The van der Waals surface area contributed by atoms with Crippen molar-refractivity contribution >= 4 is 64.8 Å². The number of anilines is 2. The Kier molecular flexibility index (Phi) is 9.22. The molecule has 14 nitrogen and oxygen atoms in total. The topological polar surface area (TPSA) is 227 Å². The highest BCUT2D eigenvalue weighted by Crippen LogP contribution is 2.32. The Balaban J connectivity index is 2.06. The van der Waals surface area contributed by atoms with Gasteiger partial charge in [-0.3, -0.25) is 24.2 Å². The molecular weight excluding hydrogens is 500 g/mol. The molecule has 0 bridgehead atoms. The largest absolute Gasteiger partial charge is 0.480 e. The lowest BCUT2D eigenvalue weighted by atomic mass is 10.1. The second kappa shape index (κ2) is 12.1. The van der Waals surface area contributed by atoms with E-state index in [4.69, 9.17) is 22.0 Å². The van der Waals surface area contributed by atoms with Crippen molar-refractivity contribution in [1.82, 2.24) is 10.6 Å². The zero-order valence-electron chi connectivity index (χ0n) is 18.5. The van der Waals surface area contributed by atoms with Crippen LogP contribution in [0.1, 0.15) is 25.3 Å². The number of benzene rings is 1. The summed E-state index contributed by atoms with van der Waals surface area (Å²) in [5.74, 6) is -8.11. The van der Waals surface area contributed by atoms with Crippen LogP contribution in [0.5, 0.6) is 0 Å². The summed E-state index contributed by atoms with van der Waals surface area (Å²) in [6, 6.07) is 1.20. The number of halogens is 1. The van der Waals surface area contributed by atoms with Gasteiger partial charge >= 0.3 is 29.7 Å². The highest BCUT2D eigenvalue weighted by Gasteiger charge is 2.27. The molecule has 0 fully saturated rings. The predicted octanol–water partition coefficient (Wildman–Crippen LogP) is -0.00412. The van der Waals surface area contributed by atoms with Crippen LogP contribution in [-0.4, -0.2) is 64.1 Å². The van der Waals surface area contributed by atoms with Gasteiger partial charge in [0.1, 0.15) is 12.1 Å². The van der Waals surface area contributed by atoms with Gasteiger partial charge in [-0.1, -0.05) is 17.7 Å². The number of nitrogens with zero attached hydrogens (tertiary/aromatic N) is 2. The predicted molar refractivity (Wildman–Crippen MR) is 124 cm³/mol. The van der Waals surface area contributed by atoms with Crippen LogP contribution in [0, 0.1) is 11.3 Å². The first-order valence-electron chi connectivity index (χ1n) is 10.1. The molecule has 15 heteroatoms. The van der Waals surface area contributed by atoms with Crippen LogP contribution < -0.4 is 21.3 Å². The molecule has 0 radical (unpaired) electrons. The minimum atomic E-state index is -1.83. The lowest BCUT2D eigenvalue weighted by Gasteiger charge is -2.18. The van der Waals surface area contributed by atoms with E-state index in [1.165, 1.54) is 6.92 Å². The molecule has 0 saturated heterocycles. The molecule has 1 aromatic carbocycles. The maximum absolute atomic E-state index is 12.4. The molecule has 0 aromatic heterocycles. The number of nitrogens with one attached hydrogen (secondary N) is 4. The van der Waals surface area contributed by atoms with Crippen molar-refractivity contribution in [2.45, 2.75) is 31.8 Å². The van der Waals surface area contributed by atoms with Gasteiger partial charge in [-0.2, -0.15) is 5.26 Å². The fourth-order valence-corrected chi connectivity index (χ4v) is 3.01. The summed E-state index contributed by atoms with van der Waals surface area (Å²) in [6.45, 7) is 1.22. The normalized spacial score (nSPS) is 13.4. The monoisotopic (exact) mass is 518 g/mol. The minimum absolute atomic E-state index is 0.0762. The average Bonchev–Trinajstić information content (AvgIpc) is 3.33. The van der Waals surface area contributed by atoms with Crippen LogP contribution in [0.15, 0.2) is 28.9 Å². The van der Waals surface area contributed by atoms with Crippen LogP contribution in [0.2, 0.25) is 5.02 Å². The van der Waals surface area contributed by atoms with Gasteiger partial charge in [-0.15, -0.1) is 0 Å². The van der Waals surface area contributed by atoms with E-state index in [2.05, 4.69) is 20.9 Å². The second-order valence-electron chi connectivity index (χ2n) is 7.25. The summed E-state index contributed by atoms with van der Waals surface area (Å²) in [5, 5.41) is 35.2. The van der Waals surface area contributed by atoms with E-state index < -0.39 is 47.7 Å². The summed E-state index contributed by atoms with van der Waals surface area (Å²) in [5.41, 5.74) is -0.267. The molecule has 1 aliphatic rings. The molecule has 2 unspecified atom stereocenters. The van der Waals surface area contributed by atoms with Crippen LogP contribution >= 0.6 is 11.6 Å². The van der Waals surface area contributed by atoms with E-state index in [-0.39, 0.29) is 28.4 Å². The number of carboxylic acids is 2. The molecule has 0 spiro atoms. The Morgan fingerprint density at radius 3 is 2.17 bits per heavy atom. The number of amides is 4. The zero-order chi connectivity index (χ0) is 27.0. The number of allylic oxidation sites excluding steroid dienone is 1. The number of carbonyl (C=O) groups excluding carboxylic acids is 4. The Morgan fingerprint density at radius 2 is 1.67 bits per heavy atom. The van der Waals surface area contributed by atoms with Crippen LogP contribution in [0.4, 0.5) is 11.4 Å². The fraction of sp³-hybridized carbons (Fsp3) is 0.238. The third-order valence-electron chi connectivity index (χ3n) is 4.58. The Labute approximate surface area is 208 Å². The first-order valence-corrected chi connectivity index (χ1v) is 10.4. The highest BCUT2D eigenvalue weighted by molar-refractivity contribution is 6.43. The number of aliphatic imine (C=N–C) groups is 1. The van der Waals surface area contributed by atoms with Crippen LogP contribution in [-0.2, 0) is 28.8 Å². The van der Waals surface area contributed by atoms with Gasteiger partial charge in [0.15, 0.2) is 0 Å². The quantitative estimate of drug-likeness (QED) is 0.254. The van der Waals surface area contributed by atoms with Crippen LogP contribution in [0.25, 0.3) is 0 Å². The van der Waals surface area contributed by atoms with E-state index >= 15 is 0 Å². The third kappa shape index (κ3) is 7.37. The third-order valence-corrected chi connectivity index (χ3v) is 4.99. The molecule has 0 saturated carbocycles. The molecule has 0 aliphatic carbocycles. The summed E-state index contributed by atoms with van der Waals surface area (Å²) in [6.07, 6.45) is 3.75. The van der Waals surface area contributed by atoms with Gasteiger partial charge in [-0.25, -0.2) is 9.59 Å². The van der Waals surface area contributed by atoms with Gasteiger partial charge in [0.2, 0.25) is 5.91 Å². The Hall–Kier alpha value is -4.77. The summed E-state index contributed by atoms with van der Waals surface area (Å²) >= 11 is 6.05. The number of hydrogen-bond acceptors (Lipinski definition) is 8. The smallest absolute Gasteiger partial charge is 0.394 e. The lowest BCUT2D eigenvalue weighted by Crippen LogP contribution is -2.52. The van der Waals surface area contributed by atoms with Crippen molar-refractivity contribution in [2.24, 2.45) is 4.99 Å². The van der Waals surface area contributed by atoms with Gasteiger partial charge in [0, 0.05) is 24.8 Å². The van der Waals surface area contributed by atoms with E-state index in [0.29, 0.717) is 12.1 Å². The molecule has 4 amide bonds. The molecule has 1 aliphatic heterocycles. The lowest BCUT2D eigenvalue weighted by molar-refractivity contribution is -0.147. The molecule has 1 aromatic rings. The van der Waals surface area contributed by atoms with Crippen molar-refractivity contribution in [2.75, 3.05) is 10.6 Å². The number of hydrogen-bond donors (Lipinski definition) is 6. The summed E-state index contributed by atoms with van der Waals surface area (Å²) in [7, 11) is 0. The maximum atomic E-state index is 12.4. The van der Waals surface area contributed by atoms with E-state index in [9.17, 15) is 33.9 Å². The summed E-state index contributed by atoms with van der Waals surface area (Å²) < 4.78 is 0. The first kappa shape index (κ1) is 27.5. The number of carbonyl (C=O) groups is 6. The van der Waals surface area contributed by atoms with Crippen molar-refractivity contribution < 1.29 is 39.0 Å². The SMILES string of the molecule is CC(NC(=O)C(=O)Nc1cc(C#N)cc(NC(=O)C(=O)O)c1Cl)C(=O)NC(CC1=CCC=N1)C(=O)O. The Morgan fingerprint density at radius 1 is 1.06 bits per heavy atom. The molecule has 6 N–H and O–H groups in total. The molecule has 2 atom stereocenters. The highest BCUT2D eigenvalue weighted by atomic mass is 35.5. The molecule has 188 valence electrons. The summed E-state index contributed by atoms with van der Waals surface area (Å²) in [4.78, 5) is 74.6. The maximum Gasteiger partial charge on any atom is 0.394 e. The standard InChI is InChI=1S/C21H19ClN6O8/c1-9(16(29)28-14(20(33)34)7-11-3-2-4-24-11)25-17(30)18(31)26-12-5-10(8-23)6-13(15(12)22)27-19(32)21(35)36/h3-6,9,14H,2,7H2,1H3,(H,25,30)(H,26,31)(H,27,32)(H,28,29)(H,33,34)(H,35,36). The number of aliphatic carboxylic acids is 2. The van der Waals surface area contributed by atoms with Crippen molar-refractivity contribution in [3.8, 4) is 6.07 Å². The van der Waals surface area contributed by atoms with E-state index in [1.807, 2.05) is 5.32 Å².